The fourth-order valence-corrected chi connectivity index (χ4v) is 5.76. The molecule has 0 bridgehead atoms. The van der Waals surface area contributed by atoms with Crippen LogP contribution in [0.3, 0.4) is 0 Å². The Kier molecular flexibility index (Phi) is 8.46. The summed E-state index contributed by atoms with van der Waals surface area (Å²) < 4.78 is 8.32. The molecule has 10 heteroatoms. The molecular weight excluding hydrogens is 566 g/mol. The van der Waals surface area contributed by atoms with Crippen LogP contribution in [0.2, 0.25) is 0 Å². The van der Waals surface area contributed by atoms with Crippen LogP contribution in [0.1, 0.15) is 41.3 Å². The molecule has 1 aliphatic rings. The van der Waals surface area contributed by atoms with Crippen LogP contribution in [0.15, 0.2) is 73.2 Å². The van der Waals surface area contributed by atoms with Crippen LogP contribution in [0.25, 0.3) is 22.4 Å². The SMILES string of the molecule is CC(=O)NCC1CCN(c2ccc(NC(=O)c3ccc(C)c(Oc4nc(-c5cccnc5)nc5ccn(C)c45)c3)cc2C)CC1. The van der Waals surface area contributed by atoms with E-state index in [-0.39, 0.29) is 11.8 Å². The molecule has 2 aromatic carbocycles. The minimum atomic E-state index is -0.228. The fourth-order valence-electron chi connectivity index (χ4n) is 5.76. The van der Waals surface area contributed by atoms with Gasteiger partial charge in [0, 0.05) is 74.7 Å². The summed E-state index contributed by atoms with van der Waals surface area (Å²) in [5.41, 5.74) is 6.63. The predicted molar refractivity (Wildman–Crippen MR) is 176 cm³/mol. The average Bonchev–Trinajstić information content (AvgIpc) is 3.42. The van der Waals surface area contributed by atoms with Gasteiger partial charge in [-0.1, -0.05) is 6.07 Å². The first kappa shape index (κ1) is 29.8. The number of rotatable bonds is 8. The Hall–Kier alpha value is -5.25. The zero-order valence-electron chi connectivity index (χ0n) is 26.0. The van der Waals surface area contributed by atoms with Gasteiger partial charge in [0.2, 0.25) is 11.8 Å². The number of ether oxygens (including phenoxy) is 1. The van der Waals surface area contributed by atoms with Crippen molar-refractivity contribution in [1.82, 2.24) is 24.8 Å². The van der Waals surface area contributed by atoms with Gasteiger partial charge in [-0.15, -0.1) is 0 Å². The summed E-state index contributed by atoms with van der Waals surface area (Å²) in [5.74, 6) is 1.75. The number of carbonyl (C=O) groups is 2. The molecule has 230 valence electrons. The molecule has 0 aliphatic carbocycles. The summed E-state index contributed by atoms with van der Waals surface area (Å²) in [4.78, 5) is 40.7. The van der Waals surface area contributed by atoms with Gasteiger partial charge in [-0.25, -0.2) is 4.98 Å². The number of amides is 2. The lowest BCUT2D eigenvalue weighted by atomic mass is 9.96. The second kappa shape index (κ2) is 12.8. The standard InChI is InChI=1S/C35H37N7O3/c1-22-7-8-26(19-31(22)45-35-32-29(13-15-41(32)4)39-33(40-35)27-6-5-14-36-21-27)34(44)38-28-9-10-30(23(2)18-28)42-16-11-25(12-17-42)20-37-24(3)43/h5-10,13-15,18-19,21,25H,11-12,16-17,20H2,1-4H3,(H,37,43)(H,38,44). The van der Waals surface area contributed by atoms with E-state index in [0.29, 0.717) is 28.9 Å². The largest absolute Gasteiger partial charge is 0.437 e. The molecule has 2 N–H and O–H groups in total. The van der Waals surface area contributed by atoms with Gasteiger partial charge in [0.15, 0.2) is 5.82 Å². The molecule has 0 unspecified atom stereocenters. The van der Waals surface area contributed by atoms with Gasteiger partial charge in [0.25, 0.3) is 5.91 Å². The zero-order chi connectivity index (χ0) is 31.5. The lowest BCUT2D eigenvalue weighted by molar-refractivity contribution is -0.119. The molecule has 0 saturated carbocycles. The van der Waals surface area contributed by atoms with Gasteiger partial charge in [-0.05, 0) is 92.3 Å². The summed E-state index contributed by atoms with van der Waals surface area (Å²) in [7, 11) is 1.92. The van der Waals surface area contributed by atoms with Gasteiger partial charge in [-0.3, -0.25) is 14.6 Å². The van der Waals surface area contributed by atoms with Crippen molar-refractivity contribution in [2.45, 2.75) is 33.6 Å². The Morgan fingerprint density at radius 3 is 2.56 bits per heavy atom. The molecule has 0 spiro atoms. The monoisotopic (exact) mass is 603 g/mol. The Morgan fingerprint density at radius 1 is 1.00 bits per heavy atom. The third-order valence-electron chi connectivity index (χ3n) is 8.31. The first-order valence-electron chi connectivity index (χ1n) is 15.2. The van der Waals surface area contributed by atoms with Crippen molar-refractivity contribution >= 4 is 34.2 Å². The van der Waals surface area contributed by atoms with Crippen molar-refractivity contribution in [1.29, 1.82) is 0 Å². The van der Waals surface area contributed by atoms with Gasteiger partial charge < -0.3 is 24.8 Å². The number of aryl methyl sites for hydroxylation is 3. The van der Waals surface area contributed by atoms with Crippen molar-refractivity contribution in [3.05, 3.63) is 89.9 Å². The van der Waals surface area contributed by atoms with Gasteiger partial charge in [-0.2, -0.15) is 4.98 Å². The molecule has 1 aliphatic heterocycles. The number of hydrogen-bond acceptors (Lipinski definition) is 7. The van der Waals surface area contributed by atoms with E-state index in [9.17, 15) is 9.59 Å². The number of piperidine rings is 1. The molecule has 0 radical (unpaired) electrons. The quantitative estimate of drug-likeness (QED) is 0.222. The van der Waals surface area contributed by atoms with Crippen LogP contribution in [-0.4, -0.2) is 51.0 Å². The van der Waals surface area contributed by atoms with Gasteiger partial charge in [0.1, 0.15) is 11.3 Å². The van der Waals surface area contributed by atoms with E-state index in [1.807, 2.05) is 61.1 Å². The van der Waals surface area contributed by atoms with E-state index in [1.54, 1.807) is 31.5 Å². The maximum atomic E-state index is 13.4. The van der Waals surface area contributed by atoms with Crippen molar-refractivity contribution < 1.29 is 14.3 Å². The van der Waals surface area contributed by atoms with Crippen molar-refractivity contribution in [2.24, 2.45) is 13.0 Å². The third kappa shape index (κ3) is 6.64. The highest BCUT2D eigenvalue weighted by Crippen LogP contribution is 2.33. The molecule has 2 amide bonds. The minimum absolute atomic E-state index is 0.0231. The summed E-state index contributed by atoms with van der Waals surface area (Å²) >= 11 is 0. The maximum Gasteiger partial charge on any atom is 0.255 e. The number of benzene rings is 2. The number of fused-ring (bicyclic) bond motifs is 1. The second-order valence-electron chi connectivity index (χ2n) is 11.7. The number of anilines is 2. The summed E-state index contributed by atoms with van der Waals surface area (Å²) in [6.07, 6.45) is 7.41. The number of pyridine rings is 1. The number of nitrogens with one attached hydrogen (secondary N) is 2. The predicted octanol–water partition coefficient (Wildman–Crippen LogP) is 6.04. The topological polar surface area (TPSA) is 114 Å². The van der Waals surface area contributed by atoms with E-state index >= 15 is 0 Å². The Bertz CT molecular complexity index is 1860. The molecule has 4 heterocycles. The normalized spacial score (nSPS) is 13.6. The summed E-state index contributed by atoms with van der Waals surface area (Å²) in [6, 6.07) is 17.1. The number of aromatic nitrogens is 4. The van der Waals surface area contributed by atoms with E-state index in [2.05, 4.69) is 33.5 Å². The van der Waals surface area contributed by atoms with E-state index in [0.717, 1.165) is 65.9 Å². The third-order valence-corrected chi connectivity index (χ3v) is 8.31. The highest BCUT2D eigenvalue weighted by Gasteiger charge is 2.21. The number of carbonyl (C=O) groups excluding carboxylic acids is 2. The molecule has 1 saturated heterocycles. The van der Waals surface area contributed by atoms with Crippen LogP contribution >= 0.6 is 0 Å². The van der Waals surface area contributed by atoms with Crippen LogP contribution in [0.5, 0.6) is 11.6 Å². The van der Waals surface area contributed by atoms with Crippen LogP contribution in [0.4, 0.5) is 11.4 Å². The average molecular weight is 604 g/mol. The zero-order valence-corrected chi connectivity index (χ0v) is 26.0. The molecule has 5 aromatic rings. The molecule has 1 fully saturated rings. The Morgan fingerprint density at radius 2 is 1.82 bits per heavy atom. The molecule has 6 rings (SSSR count). The van der Waals surface area contributed by atoms with Gasteiger partial charge >= 0.3 is 0 Å². The van der Waals surface area contributed by atoms with E-state index in [1.165, 1.54) is 5.69 Å². The first-order chi connectivity index (χ1) is 21.7. The molecular formula is C35H37N7O3. The summed E-state index contributed by atoms with van der Waals surface area (Å²) in [5, 5.41) is 5.99. The van der Waals surface area contributed by atoms with Crippen LogP contribution < -0.4 is 20.3 Å². The summed E-state index contributed by atoms with van der Waals surface area (Å²) in [6.45, 7) is 8.18. The van der Waals surface area contributed by atoms with Crippen LogP contribution in [-0.2, 0) is 11.8 Å². The van der Waals surface area contributed by atoms with Crippen molar-refractivity contribution in [3.8, 4) is 23.0 Å². The molecule has 3 aromatic heterocycles. The van der Waals surface area contributed by atoms with E-state index < -0.39 is 0 Å². The van der Waals surface area contributed by atoms with Gasteiger partial charge in [0.05, 0.1) is 5.52 Å². The van der Waals surface area contributed by atoms with Crippen molar-refractivity contribution in [3.63, 3.8) is 0 Å². The maximum absolute atomic E-state index is 13.4. The molecule has 0 atom stereocenters. The molecule has 45 heavy (non-hydrogen) atoms. The first-order valence-corrected chi connectivity index (χ1v) is 15.2. The number of hydrogen-bond donors (Lipinski definition) is 2. The highest BCUT2D eigenvalue weighted by atomic mass is 16.5. The lowest BCUT2D eigenvalue weighted by Crippen LogP contribution is -2.38. The number of nitrogens with zero attached hydrogens (tertiary/aromatic N) is 5. The Labute approximate surface area is 262 Å². The highest BCUT2D eigenvalue weighted by molar-refractivity contribution is 6.04. The fraction of sp³-hybridized carbons (Fsp3) is 0.286. The molecule has 10 nitrogen and oxygen atoms in total. The Balaban J connectivity index is 1.17. The van der Waals surface area contributed by atoms with E-state index in [4.69, 9.17) is 14.7 Å². The smallest absolute Gasteiger partial charge is 0.255 e. The van der Waals surface area contributed by atoms with Crippen molar-refractivity contribution in [2.75, 3.05) is 29.9 Å². The second-order valence-corrected chi connectivity index (χ2v) is 11.7. The lowest BCUT2D eigenvalue weighted by Gasteiger charge is -2.34. The van der Waals surface area contributed by atoms with Crippen LogP contribution in [0, 0.1) is 19.8 Å². The minimum Gasteiger partial charge on any atom is -0.437 e.